The minimum atomic E-state index is -0.0495. The zero-order valence-electron chi connectivity index (χ0n) is 11.0. The maximum atomic E-state index is 12.2. The number of carbonyl (C=O) groups is 1. The number of ketones is 1. The van der Waals surface area contributed by atoms with E-state index in [1.54, 1.807) is 0 Å². The molecule has 2 atom stereocenters. The number of rotatable bonds is 2. The molecule has 16 heavy (non-hydrogen) atoms. The fraction of sp³-hybridized carbons (Fsp3) is 0.929. The van der Waals surface area contributed by atoms with Gasteiger partial charge in [-0.2, -0.15) is 0 Å². The summed E-state index contributed by atoms with van der Waals surface area (Å²) in [7, 11) is 0. The van der Waals surface area contributed by atoms with Crippen molar-refractivity contribution in [2.24, 2.45) is 17.3 Å². The van der Waals surface area contributed by atoms with Gasteiger partial charge in [-0.1, -0.05) is 20.8 Å². The highest BCUT2D eigenvalue weighted by molar-refractivity contribution is 5.88. The number of hydrogen-bond acceptors (Lipinski definition) is 2. The van der Waals surface area contributed by atoms with Crippen LogP contribution in [0.5, 0.6) is 0 Å². The van der Waals surface area contributed by atoms with Gasteiger partial charge >= 0.3 is 0 Å². The van der Waals surface area contributed by atoms with E-state index in [1.807, 2.05) is 0 Å². The van der Waals surface area contributed by atoms with Crippen LogP contribution in [-0.2, 0) is 4.79 Å². The molecule has 1 aliphatic carbocycles. The van der Waals surface area contributed by atoms with Gasteiger partial charge in [0.15, 0.2) is 0 Å². The second kappa shape index (κ2) is 4.48. The first-order chi connectivity index (χ1) is 7.49. The summed E-state index contributed by atoms with van der Waals surface area (Å²) in [6.07, 6.45) is 4.86. The second-order valence-corrected chi connectivity index (χ2v) is 6.49. The Balaban J connectivity index is 1.88. The summed E-state index contributed by atoms with van der Waals surface area (Å²) in [5.74, 6) is 1.64. The molecule has 0 N–H and O–H groups in total. The molecule has 0 amide bonds. The Hall–Kier alpha value is -0.370. The van der Waals surface area contributed by atoms with Gasteiger partial charge in [0.2, 0.25) is 0 Å². The number of nitrogens with zero attached hydrogens (tertiary/aromatic N) is 1. The monoisotopic (exact) mass is 223 g/mol. The lowest BCUT2D eigenvalue weighted by Crippen LogP contribution is -2.39. The molecule has 1 saturated heterocycles. The lowest BCUT2D eigenvalue weighted by atomic mass is 9.88. The first-order valence-corrected chi connectivity index (χ1v) is 6.76. The Morgan fingerprint density at radius 2 is 2.12 bits per heavy atom. The molecule has 0 radical (unpaired) electrons. The topological polar surface area (TPSA) is 20.3 Å². The van der Waals surface area contributed by atoms with Crippen LogP contribution >= 0.6 is 0 Å². The second-order valence-electron chi connectivity index (χ2n) is 6.49. The van der Waals surface area contributed by atoms with E-state index in [2.05, 4.69) is 25.7 Å². The van der Waals surface area contributed by atoms with Gasteiger partial charge in [-0.3, -0.25) is 4.79 Å². The third-order valence-corrected chi connectivity index (χ3v) is 4.38. The molecule has 0 spiro atoms. The Morgan fingerprint density at radius 3 is 2.69 bits per heavy atom. The van der Waals surface area contributed by atoms with Crippen LogP contribution in [0.25, 0.3) is 0 Å². The highest BCUT2D eigenvalue weighted by Gasteiger charge is 2.40. The third-order valence-electron chi connectivity index (χ3n) is 4.38. The minimum Gasteiger partial charge on any atom is -0.302 e. The standard InChI is InChI=1S/C14H25NO/c1-11-5-4-8-15(9-11)10-12-6-7-14(2,3)13(12)16/h11-12H,4-10H2,1-3H3. The Labute approximate surface area is 99.4 Å². The summed E-state index contributed by atoms with van der Waals surface area (Å²) >= 11 is 0. The Bertz CT molecular complexity index is 272. The largest absolute Gasteiger partial charge is 0.302 e. The van der Waals surface area contributed by atoms with Crippen molar-refractivity contribution in [3.8, 4) is 0 Å². The molecular weight excluding hydrogens is 198 g/mol. The van der Waals surface area contributed by atoms with Crippen molar-refractivity contribution in [1.82, 2.24) is 4.90 Å². The molecule has 2 fully saturated rings. The number of carbonyl (C=O) groups excluding carboxylic acids is 1. The van der Waals surface area contributed by atoms with E-state index in [0.29, 0.717) is 11.7 Å². The quantitative estimate of drug-likeness (QED) is 0.717. The molecule has 1 heterocycles. The molecule has 2 aliphatic rings. The first-order valence-electron chi connectivity index (χ1n) is 6.76. The first kappa shape index (κ1) is 12.1. The molecule has 2 rings (SSSR count). The lowest BCUT2D eigenvalue weighted by molar-refractivity contribution is -0.128. The van der Waals surface area contributed by atoms with Crippen molar-refractivity contribution in [2.75, 3.05) is 19.6 Å². The van der Waals surface area contributed by atoms with E-state index in [0.717, 1.165) is 25.3 Å². The number of piperidine rings is 1. The summed E-state index contributed by atoms with van der Waals surface area (Å²) < 4.78 is 0. The zero-order chi connectivity index (χ0) is 11.8. The molecular formula is C14H25NO. The molecule has 2 heteroatoms. The molecule has 0 bridgehead atoms. The van der Waals surface area contributed by atoms with E-state index in [4.69, 9.17) is 0 Å². The molecule has 2 nitrogen and oxygen atoms in total. The van der Waals surface area contributed by atoms with Gasteiger partial charge in [0.05, 0.1) is 0 Å². The van der Waals surface area contributed by atoms with Gasteiger partial charge in [-0.25, -0.2) is 0 Å². The van der Waals surface area contributed by atoms with Gasteiger partial charge in [-0.15, -0.1) is 0 Å². The van der Waals surface area contributed by atoms with Crippen molar-refractivity contribution in [1.29, 1.82) is 0 Å². The van der Waals surface area contributed by atoms with E-state index in [-0.39, 0.29) is 5.41 Å². The predicted molar refractivity (Wildman–Crippen MR) is 66.4 cm³/mol. The summed E-state index contributed by atoms with van der Waals surface area (Å²) in [6, 6.07) is 0. The molecule has 2 unspecified atom stereocenters. The summed E-state index contributed by atoms with van der Waals surface area (Å²) in [5.41, 5.74) is -0.0495. The predicted octanol–water partition coefficient (Wildman–Crippen LogP) is 2.72. The van der Waals surface area contributed by atoms with Crippen LogP contribution in [-0.4, -0.2) is 30.3 Å². The number of likely N-dealkylation sites (tertiary alicyclic amines) is 1. The van der Waals surface area contributed by atoms with Crippen LogP contribution in [0.3, 0.4) is 0 Å². The van der Waals surface area contributed by atoms with Gasteiger partial charge in [0.1, 0.15) is 5.78 Å². The van der Waals surface area contributed by atoms with Crippen molar-refractivity contribution in [3.63, 3.8) is 0 Å². The minimum absolute atomic E-state index is 0.0495. The molecule has 1 saturated carbocycles. The number of Topliss-reactive ketones (excluding diaryl/α,β-unsaturated/α-hetero) is 1. The molecule has 1 aliphatic heterocycles. The Morgan fingerprint density at radius 1 is 1.38 bits per heavy atom. The lowest BCUT2D eigenvalue weighted by Gasteiger charge is -2.32. The smallest absolute Gasteiger partial charge is 0.142 e. The third kappa shape index (κ3) is 2.48. The van der Waals surface area contributed by atoms with Crippen LogP contribution in [0.15, 0.2) is 0 Å². The summed E-state index contributed by atoms with van der Waals surface area (Å²) in [6.45, 7) is 9.96. The normalized spacial score (nSPS) is 35.6. The van der Waals surface area contributed by atoms with Crippen molar-refractivity contribution >= 4 is 5.78 Å². The van der Waals surface area contributed by atoms with E-state index in [9.17, 15) is 4.79 Å². The molecule has 92 valence electrons. The van der Waals surface area contributed by atoms with E-state index in [1.165, 1.54) is 25.9 Å². The molecule has 0 aromatic heterocycles. The van der Waals surface area contributed by atoms with Gasteiger partial charge in [0.25, 0.3) is 0 Å². The van der Waals surface area contributed by atoms with Gasteiger partial charge in [-0.05, 0) is 38.1 Å². The van der Waals surface area contributed by atoms with Crippen LogP contribution in [0.1, 0.15) is 46.5 Å². The maximum absolute atomic E-state index is 12.2. The average Bonchev–Trinajstić information content (AvgIpc) is 2.45. The maximum Gasteiger partial charge on any atom is 0.142 e. The SMILES string of the molecule is CC1CCCN(CC2CCC(C)(C)C2=O)C1. The zero-order valence-corrected chi connectivity index (χ0v) is 11.0. The number of hydrogen-bond donors (Lipinski definition) is 0. The highest BCUT2D eigenvalue weighted by atomic mass is 16.1. The van der Waals surface area contributed by atoms with Gasteiger partial charge < -0.3 is 4.90 Å². The fourth-order valence-electron chi connectivity index (χ4n) is 3.28. The molecule has 0 aromatic rings. The summed E-state index contributed by atoms with van der Waals surface area (Å²) in [5, 5.41) is 0. The molecule has 0 aromatic carbocycles. The fourth-order valence-corrected chi connectivity index (χ4v) is 3.28. The van der Waals surface area contributed by atoms with E-state index >= 15 is 0 Å². The van der Waals surface area contributed by atoms with Crippen molar-refractivity contribution in [2.45, 2.75) is 46.5 Å². The van der Waals surface area contributed by atoms with Crippen LogP contribution < -0.4 is 0 Å². The average molecular weight is 223 g/mol. The van der Waals surface area contributed by atoms with Crippen LogP contribution in [0.4, 0.5) is 0 Å². The van der Waals surface area contributed by atoms with Crippen LogP contribution in [0, 0.1) is 17.3 Å². The van der Waals surface area contributed by atoms with E-state index < -0.39 is 0 Å². The summed E-state index contributed by atoms with van der Waals surface area (Å²) in [4.78, 5) is 14.7. The highest BCUT2D eigenvalue weighted by Crippen LogP contribution is 2.38. The van der Waals surface area contributed by atoms with Crippen molar-refractivity contribution < 1.29 is 4.79 Å². The van der Waals surface area contributed by atoms with Crippen LogP contribution in [0.2, 0.25) is 0 Å². The van der Waals surface area contributed by atoms with Gasteiger partial charge in [0, 0.05) is 24.4 Å². The Kier molecular flexibility index (Phi) is 3.39. The van der Waals surface area contributed by atoms with Crippen molar-refractivity contribution in [3.05, 3.63) is 0 Å².